The molecule has 3 nitrogen and oxygen atoms in total. The van der Waals surface area contributed by atoms with E-state index in [2.05, 4.69) is 36.4 Å². The molecule has 0 aliphatic rings. The number of ether oxygens (including phenoxy) is 2. The van der Waals surface area contributed by atoms with Gasteiger partial charge in [-0.2, -0.15) is 0 Å². The molecule has 0 saturated carbocycles. The van der Waals surface area contributed by atoms with Gasteiger partial charge in [-0.25, -0.2) is 4.79 Å². The van der Waals surface area contributed by atoms with Crippen LogP contribution < -0.4 is 20.7 Å². The highest BCUT2D eigenvalue weighted by molar-refractivity contribution is 7.96. The molecule has 166 valence electrons. The second kappa shape index (κ2) is 10.4. The molecule has 4 heteroatoms. The minimum absolute atomic E-state index is 0.299. The van der Waals surface area contributed by atoms with E-state index in [1.54, 1.807) is 7.11 Å². The number of carbonyl (C=O) groups is 1. The van der Waals surface area contributed by atoms with Crippen molar-refractivity contribution in [1.82, 2.24) is 0 Å². The molecule has 0 atom stereocenters. The molecular weight excluding hydrogens is 427 g/mol. The molecule has 0 aliphatic carbocycles. The van der Waals surface area contributed by atoms with Crippen molar-refractivity contribution in [2.24, 2.45) is 0 Å². The number of methoxy groups -OCH3 is 1. The first kappa shape index (κ1) is 22.6. The molecule has 0 bridgehead atoms. The Balaban J connectivity index is 2.26. The van der Waals surface area contributed by atoms with Gasteiger partial charge in [-0.1, -0.05) is 103 Å². The summed E-state index contributed by atoms with van der Waals surface area (Å²) in [5, 5.41) is 3.97. The van der Waals surface area contributed by atoms with Gasteiger partial charge in [0.1, 0.15) is 5.75 Å². The van der Waals surface area contributed by atoms with Crippen LogP contribution in [0.25, 0.3) is 0 Å². The Morgan fingerprint density at radius 1 is 0.667 bits per heavy atom. The molecule has 0 fully saturated rings. The lowest BCUT2D eigenvalue weighted by atomic mass is 10.1. The van der Waals surface area contributed by atoms with E-state index >= 15 is 0 Å². The lowest BCUT2D eigenvalue weighted by Gasteiger charge is -2.32. The van der Waals surface area contributed by atoms with E-state index in [1.165, 1.54) is 0 Å². The molecule has 4 aromatic rings. The molecule has 0 spiro atoms. The second-order valence-electron chi connectivity index (χ2n) is 7.48. The van der Waals surface area contributed by atoms with Crippen LogP contribution in [0.2, 0.25) is 0 Å². The van der Waals surface area contributed by atoms with Crippen LogP contribution in [0, 0.1) is 0 Å². The highest BCUT2D eigenvalue weighted by Gasteiger charge is 2.34. The Bertz CT molecular complexity index is 1150. The van der Waals surface area contributed by atoms with Crippen LogP contribution in [-0.4, -0.2) is 25.0 Å². The molecule has 0 radical (unpaired) electrons. The van der Waals surface area contributed by atoms with Crippen LogP contribution in [-0.2, 0) is 9.53 Å². The number of hydrogen-bond donors (Lipinski definition) is 0. The standard InChI is InChI=1S/C29H27O3P/c1-3-32-29(30)28(23-19-21-24(31-2)22-20-23)33(25-13-7-4-8-14-25,26-15-9-5-10-16-26)27-17-11-6-12-18-27/h4-22H,3H2,1-2H3. The summed E-state index contributed by atoms with van der Waals surface area (Å²) in [7, 11) is 1.64. The predicted octanol–water partition coefficient (Wildman–Crippen LogP) is 4.77. The summed E-state index contributed by atoms with van der Waals surface area (Å²) in [4.78, 5) is 13.8. The van der Waals surface area contributed by atoms with Gasteiger partial charge in [-0.05, 0) is 47.4 Å². The lowest BCUT2D eigenvalue weighted by Crippen LogP contribution is -2.35. The lowest BCUT2D eigenvalue weighted by molar-refractivity contribution is -0.134. The van der Waals surface area contributed by atoms with Crippen LogP contribution in [0.5, 0.6) is 5.75 Å². The number of carbonyl (C=O) groups excluding carboxylic acids is 1. The summed E-state index contributed by atoms with van der Waals surface area (Å²) in [5.41, 5.74) is 0.833. The quantitative estimate of drug-likeness (QED) is 0.298. The van der Waals surface area contributed by atoms with Gasteiger partial charge in [0.25, 0.3) is 0 Å². The van der Waals surface area contributed by atoms with Gasteiger partial charge in [0.2, 0.25) is 0 Å². The molecule has 4 aromatic carbocycles. The Kier molecular flexibility index (Phi) is 7.12. The average molecular weight is 455 g/mol. The summed E-state index contributed by atoms with van der Waals surface area (Å²) in [6.45, 7) is -0.447. The van der Waals surface area contributed by atoms with E-state index in [0.717, 1.165) is 27.2 Å². The van der Waals surface area contributed by atoms with Crippen LogP contribution in [0.15, 0.2) is 115 Å². The van der Waals surface area contributed by atoms with Crippen molar-refractivity contribution in [2.45, 2.75) is 6.92 Å². The normalized spacial score (nSPS) is 11.0. The van der Waals surface area contributed by atoms with Gasteiger partial charge in [-0.15, -0.1) is 0 Å². The first-order chi connectivity index (χ1) is 16.2. The monoisotopic (exact) mass is 454 g/mol. The Hall–Kier alpha value is -3.55. The predicted molar refractivity (Wildman–Crippen MR) is 139 cm³/mol. The van der Waals surface area contributed by atoms with Gasteiger partial charge < -0.3 is 9.47 Å². The summed E-state index contributed by atoms with van der Waals surface area (Å²) >= 11 is 0. The minimum atomic E-state index is -2.59. The van der Waals surface area contributed by atoms with E-state index in [1.807, 2.05) is 85.8 Å². The van der Waals surface area contributed by atoms with E-state index in [9.17, 15) is 4.79 Å². The highest BCUT2D eigenvalue weighted by Crippen LogP contribution is 2.48. The molecule has 0 aromatic heterocycles. The SMILES string of the molecule is CCOC(=O)C(c1ccc(OC)cc1)=P(c1ccccc1)(c1ccccc1)c1ccccc1. The molecule has 0 amide bonds. The first-order valence-electron chi connectivity index (χ1n) is 11.0. The smallest absolute Gasteiger partial charge is 0.339 e. The number of hydrogen-bond acceptors (Lipinski definition) is 3. The Labute approximate surface area is 195 Å². The maximum atomic E-state index is 13.8. The van der Waals surface area contributed by atoms with E-state index in [0.29, 0.717) is 11.9 Å². The topological polar surface area (TPSA) is 35.5 Å². The van der Waals surface area contributed by atoms with Crippen molar-refractivity contribution in [3.05, 3.63) is 121 Å². The zero-order valence-corrected chi connectivity index (χ0v) is 19.7. The Morgan fingerprint density at radius 3 is 1.45 bits per heavy atom. The number of esters is 1. The van der Waals surface area contributed by atoms with E-state index < -0.39 is 6.89 Å². The fourth-order valence-corrected chi connectivity index (χ4v) is 8.59. The summed E-state index contributed by atoms with van der Waals surface area (Å²) in [5.74, 6) is 0.442. The average Bonchev–Trinajstić information content (AvgIpc) is 2.89. The van der Waals surface area contributed by atoms with Crippen LogP contribution >= 0.6 is 6.89 Å². The molecule has 0 aliphatic heterocycles. The molecular formula is C29H27O3P. The second-order valence-corrected chi connectivity index (χ2v) is 10.8. The Morgan fingerprint density at radius 2 is 1.09 bits per heavy atom. The van der Waals surface area contributed by atoms with Crippen LogP contribution in [0.1, 0.15) is 12.5 Å². The third-order valence-electron chi connectivity index (χ3n) is 5.60. The molecule has 0 N–H and O–H groups in total. The van der Waals surface area contributed by atoms with Crippen LogP contribution in [0.4, 0.5) is 0 Å². The third-order valence-corrected chi connectivity index (χ3v) is 9.93. The first-order valence-corrected chi connectivity index (χ1v) is 12.8. The van der Waals surface area contributed by atoms with Crippen molar-refractivity contribution in [1.29, 1.82) is 0 Å². The maximum Gasteiger partial charge on any atom is 0.339 e. The molecule has 0 unspecified atom stereocenters. The minimum Gasteiger partial charge on any atom is -0.497 e. The molecule has 4 rings (SSSR count). The van der Waals surface area contributed by atoms with Crippen molar-refractivity contribution in [3.63, 3.8) is 0 Å². The van der Waals surface area contributed by atoms with Gasteiger partial charge in [0, 0.05) is 0 Å². The number of benzene rings is 4. The maximum absolute atomic E-state index is 13.8. The van der Waals surface area contributed by atoms with Gasteiger partial charge in [0.05, 0.1) is 19.0 Å². The van der Waals surface area contributed by atoms with Crippen molar-refractivity contribution >= 4 is 34.1 Å². The molecule has 0 heterocycles. The number of rotatable bonds is 7. The summed E-state index contributed by atoms with van der Waals surface area (Å²) in [6.07, 6.45) is 0. The van der Waals surface area contributed by atoms with Gasteiger partial charge in [-0.3, -0.25) is 0 Å². The fourth-order valence-electron chi connectivity index (χ4n) is 4.19. The summed E-state index contributed by atoms with van der Waals surface area (Å²) < 4.78 is 11.1. The highest BCUT2D eigenvalue weighted by atomic mass is 31.2. The third kappa shape index (κ3) is 4.37. The van der Waals surface area contributed by atoms with Gasteiger partial charge in [0.15, 0.2) is 0 Å². The fraction of sp³-hybridized carbons (Fsp3) is 0.103. The molecule has 33 heavy (non-hydrogen) atoms. The van der Waals surface area contributed by atoms with Crippen molar-refractivity contribution in [2.75, 3.05) is 13.7 Å². The van der Waals surface area contributed by atoms with Crippen molar-refractivity contribution < 1.29 is 14.3 Å². The zero-order valence-electron chi connectivity index (χ0n) is 18.8. The largest absolute Gasteiger partial charge is 0.497 e. The molecule has 0 saturated heterocycles. The van der Waals surface area contributed by atoms with Crippen LogP contribution in [0.3, 0.4) is 0 Å². The van der Waals surface area contributed by atoms with E-state index in [4.69, 9.17) is 9.47 Å². The van der Waals surface area contributed by atoms with Crippen molar-refractivity contribution in [3.8, 4) is 5.75 Å². The van der Waals surface area contributed by atoms with Gasteiger partial charge >= 0.3 is 5.97 Å². The van der Waals surface area contributed by atoms with E-state index in [-0.39, 0.29) is 5.97 Å². The zero-order chi connectivity index (χ0) is 23.1. The summed E-state index contributed by atoms with van der Waals surface area (Å²) in [6, 6.07) is 38.6.